The highest BCUT2D eigenvalue weighted by molar-refractivity contribution is 6.27. The van der Waals surface area contributed by atoms with Gasteiger partial charge >= 0.3 is 0 Å². The second-order valence-corrected chi connectivity index (χ2v) is 30.7. The summed E-state index contributed by atoms with van der Waals surface area (Å²) in [5.41, 5.74) is 22.9. The molecule has 22 rings (SSSR count). The standard InChI is InChI=1S/2C58H40N2/c1-4-21-47(22-5-1)59(48-23-6-2-7-24-48)50-35-37-51(38-36-50)60(49-25-8-3-9-26-49)55-30-16-29-54-56(45-33-31-41-17-10-12-19-43(41)39-45)52-27-14-15-28-53(52)57(58(54)55)46-34-32-42-18-11-13-20-44(42)40-46;1-4-20-47(21-5-1)59(48-22-6-2-7-23-48)50-32-34-51(35-33-50)60(49-24-8-3-9-25-49)52-36-37-55-56(40-52)58(46-31-29-42-17-11-13-19-44(42)39-46)54-27-15-14-26-53(54)57(55)45-30-28-41-16-10-12-18-43(41)38-45/h2*1-40H. The van der Waals surface area contributed by atoms with Gasteiger partial charge in [0.25, 0.3) is 0 Å². The number of hydrogen-bond donors (Lipinski definition) is 0. The topological polar surface area (TPSA) is 13.0 Å². The van der Waals surface area contributed by atoms with Gasteiger partial charge < -0.3 is 19.6 Å². The Morgan fingerprint density at radius 3 is 0.683 bits per heavy atom. The van der Waals surface area contributed by atoms with Gasteiger partial charge in [0.2, 0.25) is 0 Å². The first-order valence-electron chi connectivity index (χ1n) is 41.2. The normalized spacial score (nSPS) is 11.3. The molecule has 0 aliphatic rings. The third-order valence-corrected chi connectivity index (χ3v) is 23.5. The largest absolute Gasteiger partial charge is 0.311 e. The van der Waals surface area contributed by atoms with Crippen molar-refractivity contribution in [2.45, 2.75) is 0 Å². The van der Waals surface area contributed by atoms with Crippen LogP contribution < -0.4 is 19.6 Å². The number of fused-ring (bicyclic) bond motifs is 8. The van der Waals surface area contributed by atoms with Gasteiger partial charge in [0.05, 0.1) is 5.69 Å². The third-order valence-electron chi connectivity index (χ3n) is 23.5. The van der Waals surface area contributed by atoms with Crippen LogP contribution in [0.3, 0.4) is 0 Å². The van der Waals surface area contributed by atoms with Gasteiger partial charge in [0.15, 0.2) is 0 Å². The number of hydrogen-bond acceptors (Lipinski definition) is 4. The molecule has 22 aromatic carbocycles. The summed E-state index contributed by atoms with van der Waals surface area (Å²) in [5, 5.41) is 19.6. The van der Waals surface area contributed by atoms with Crippen LogP contribution in [-0.4, -0.2) is 0 Å². The van der Waals surface area contributed by atoms with Gasteiger partial charge in [-0.15, -0.1) is 0 Å². The third kappa shape index (κ3) is 13.6. The zero-order valence-electron chi connectivity index (χ0n) is 66.0. The van der Waals surface area contributed by atoms with Crippen molar-refractivity contribution in [1.29, 1.82) is 0 Å². The maximum Gasteiger partial charge on any atom is 0.0546 e. The van der Waals surface area contributed by atoms with Crippen molar-refractivity contribution in [1.82, 2.24) is 0 Å². The molecule has 0 saturated carbocycles. The Kier molecular flexibility index (Phi) is 19.0. The number of para-hydroxylation sites is 6. The van der Waals surface area contributed by atoms with Crippen molar-refractivity contribution >= 4 is 154 Å². The maximum atomic E-state index is 2.44. The smallest absolute Gasteiger partial charge is 0.0546 e. The van der Waals surface area contributed by atoms with E-state index in [0.717, 1.165) is 68.2 Å². The lowest BCUT2D eigenvalue weighted by atomic mass is 9.84. The number of nitrogens with zero attached hydrogens (tertiary/aromatic N) is 4. The van der Waals surface area contributed by atoms with Gasteiger partial charge in [0, 0.05) is 67.9 Å². The van der Waals surface area contributed by atoms with Crippen LogP contribution >= 0.6 is 0 Å². The van der Waals surface area contributed by atoms with E-state index in [1.165, 1.54) is 131 Å². The minimum Gasteiger partial charge on any atom is -0.311 e. The van der Waals surface area contributed by atoms with Crippen LogP contribution in [0.4, 0.5) is 68.2 Å². The summed E-state index contributed by atoms with van der Waals surface area (Å²) in [6.45, 7) is 0. The number of benzene rings is 22. The molecule has 0 N–H and O–H groups in total. The molecule has 22 aromatic rings. The molecular weight excluding hydrogens is 1450 g/mol. The lowest BCUT2D eigenvalue weighted by Gasteiger charge is -2.30. The Bertz CT molecular complexity index is 7330. The van der Waals surface area contributed by atoms with Crippen LogP contribution in [0.25, 0.3) is 131 Å². The first kappa shape index (κ1) is 71.9. The molecule has 0 aliphatic heterocycles. The highest BCUT2D eigenvalue weighted by atomic mass is 15.2. The molecule has 4 nitrogen and oxygen atoms in total. The van der Waals surface area contributed by atoms with Gasteiger partial charge in [-0.2, -0.15) is 0 Å². The monoisotopic (exact) mass is 1530 g/mol. The van der Waals surface area contributed by atoms with Crippen molar-refractivity contribution in [2.24, 2.45) is 0 Å². The summed E-state index contributed by atoms with van der Waals surface area (Å²) in [6, 6.07) is 176. The first-order chi connectivity index (χ1) is 59.5. The maximum absolute atomic E-state index is 2.44. The van der Waals surface area contributed by atoms with Crippen LogP contribution in [0.1, 0.15) is 0 Å². The van der Waals surface area contributed by atoms with Gasteiger partial charge in [-0.25, -0.2) is 0 Å². The van der Waals surface area contributed by atoms with E-state index in [-0.39, 0.29) is 0 Å². The molecule has 0 bridgehead atoms. The molecular formula is C116H80N4. The zero-order valence-corrected chi connectivity index (χ0v) is 66.0. The summed E-state index contributed by atoms with van der Waals surface area (Å²) >= 11 is 0. The van der Waals surface area contributed by atoms with Crippen LogP contribution in [0, 0.1) is 0 Å². The van der Waals surface area contributed by atoms with E-state index >= 15 is 0 Å². The summed E-state index contributed by atoms with van der Waals surface area (Å²) in [4.78, 5) is 9.44. The molecule has 4 heteroatoms. The highest BCUT2D eigenvalue weighted by Gasteiger charge is 2.27. The Hall–Kier alpha value is -15.9. The average Bonchev–Trinajstić information content (AvgIpc) is 0.724. The molecule has 564 valence electrons. The fourth-order valence-electron chi connectivity index (χ4n) is 18.0. The first-order valence-corrected chi connectivity index (χ1v) is 41.2. The van der Waals surface area contributed by atoms with Crippen LogP contribution in [0.5, 0.6) is 0 Å². The summed E-state index contributed by atoms with van der Waals surface area (Å²) < 4.78 is 0. The minimum atomic E-state index is 1.07. The van der Waals surface area contributed by atoms with Gasteiger partial charge in [-0.3, -0.25) is 0 Å². The molecule has 0 fully saturated rings. The molecule has 0 radical (unpaired) electrons. The SMILES string of the molecule is c1ccc(N(c2ccccc2)c2ccc(N(c3ccccc3)c3ccc4c(-c5ccc6ccccc6c5)c5ccccc5c(-c5ccc6ccccc6c5)c4c3)cc2)cc1.c1ccc(N(c2ccccc2)c2ccc(N(c3ccccc3)c3cccc4c(-c5ccc6ccccc6c5)c5ccccc5c(-c5ccc6ccccc6c5)c34)cc2)cc1. The van der Waals surface area contributed by atoms with E-state index in [1.54, 1.807) is 0 Å². The lowest BCUT2D eigenvalue weighted by molar-refractivity contribution is 1.26. The quantitative estimate of drug-likeness (QED) is 0.0894. The Balaban J connectivity index is 0.000000148. The van der Waals surface area contributed by atoms with Gasteiger partial charge in [0.1, 0.15) is 0 Å². The average molecular weight is 1530 g/mol. The van der Waals surface area contributed by atoms with Gasteiger partial charge in [-0.05, 0) is 289 Å². The van der Waals surface area contributed by atoms with Crippen molar-refractivity contribution in [3.8, 4) is 44.5 Å². The lowest BCUT2D eigenvalue weighted by Crippen LogP contribution is -2.12. The Morgan fingerprint density at radius 2 is 0.342 bits per heavy atom. The van der Waals surface area contributed by atoms with Crippen molar-refractivity contribution in [3.05, 3.63) is 485 Å². The van der Waals surface area contributed by atoms with Gasteiger partial charge in [-0.1, -0.05) is 322 Å². The molecule has 0 amide bonds. The van der Waals surface area contributed by atoms with Crippen molar-refractivity contribution in [3.63, 3.8) is 0 Å². The predicted molar refractivity (Wildman–Crippen MR) is 513 cm³/mol. The van der Waals surface area contributed by atoms with Crippen LogP contribution in [0.2, 0.25) is 0 Å². The molecule has 0 aromatic heterocycles. The fraction of sp³-hybridized carbons (Fsp3) is 0. The second-order valence-electron chi connectivity index (χ2n) is 30.7. The van der Waals surface area contributed by atoms with Crippen molar-refractivity contribution < 1.29 is 0 Å². The molecule has 0 heterocycles. The van der Waals surface area contributed by atoms with E-state index in [2.05, 4.69) is 505 Å². The Labute approximate surface area is 699 Å². The second kappa shape index (κ2) is 31.7. The highest BCUT2D eigenvalue weighted by Crippen LogP contribution is 2.53. The molecule has 0 saturated heterocycles. The number of rotatable bonds is 16. The molecule has 120 heavy (non-hydrogen) atoms. The molecule has 0 unspecified atom stereocenters. The molecule has 0 spiro atoms. The van der Waals surface area contributed by atoms with Crippen LogP contribution in [-0.2, 0) is 0 Å². The Morgan fingerprint density at radius 1 is 0.117 bits per heavy atom. The summed E-state index contributed by atoms with van der Waals surface area (Å²) in [7, 11) is 0. The zero-order chi connectivity index (χ0) is 79.7. The van der Waals surface area contributed by atoms with E-state index in [9.17, 15) is 0 Å². The van der Waals surface area contributed by atoms with E-state index < -0.39 is 0 Å². The number of anilines is 12. The molecule has 0 atom stereocenters. The van der Waals surface area contributed by atoms with E-state index in [0.29, 0.717) is 0 Å². The predicted octanol–water partition coefficient (Wildman–Crippen LogP) is 33.1. The van der Waals surface area contributed by atoms with Crippen LogP contribution in [0.15, 0.2) is 485 Å². The minimum absolute atomic E-state index is 1.07. The fourth-order valence-corrected chi connectivity index (χ4v) is 18.0. The summed E-state index contributed by atoms with van der Waals surface area (Å²) in [5.74, 6) is 0. The summed E-state index contributed by atoms with van der Waals surface area (Å²) in [6.07, 6.45) is 0. The van der Waals surface area contributed by atoms with E-state index in [1.807, 2.05) is 0 Å². The van der Waals surface area contributed by atoms with Crippen molar-refractivity contribution in [2.75, 3.05) is 19.6 Å². The molecule has 0 aliphatic carbocycles. The van der Waals surface area contributed by atoms with E-state index in [4.69, 9.17) is 0 Å².